The van der Waals surface area contributed by atoms with E-state index in [1.807, 2.05) is 113 Å². The zero-order valence-corrected chi connectivity index (χ0v) is 52.9. The Kier molecular flexibility index (Phi) is 23.1. The van der Waals surface area contributed by atoms with Gasteiger partial charge >= 0.3 is 0 Å². The molecule has 0 radical (unpaired) electrons. The number of benzene rings is 6. The van der Waals surface area contributed by atoms with Crippen LogP contribution in [0.15, 0.2) is 177 Å². The minimum absolute atomic E-state index is 0.134. The zero-order chi connectivity index (χ0) is 59.9. The summed E-state index contributed by atoms with van der Waals surface area (Å²) in [5, 5.41) is 0. The highest BCUT2D eigenvalue weighted by Crippen LogP contribution is 2.25. The number of rotatable bonds is 14. The molecule has 0 atom stereocenters. The van der Waals surface area contributed by atoms with Crippen molar-refractivity contribution in [3.63, 3.8) is 0 Å². The van der Waals surface area contributed by atoms with E-state index in [0.717, 1.165) is 33.4 Å². The smallest absolute Gasteiger partial charge is 0.243 e. The van der Waals surface area contributed by atoms with Crippen LogP contribution in [0, 0.1) is 27.7 Å². The summed E-state index contributed by atoms with van der Waals surface area (Å²) in [7, 11) is -16.0. The van der Waals surface area contributed by atoms with Gasteiger partial charge in [-0.2, -0.15) is 17.2 Å². The maximum atomic E-state index is 15.0. The van der Waals surface area contributed by atoms with Gasteiger partial charge in [-0.25, -0.2) is 33.7 Å². The van der Waals surface area contributed by atoms with Crippen molar-refractivity contribution in [1.29, 1.82) is 0 Å². The van der Waals surface area contributed by atoms with E-state index in [1.54, 1.807) is 90.0 Å². The number of hydrogen-bond donors (Lipinski definition) is 0. The minimum Gasteiger partial charge on any atom is -0.296 e. The lowest BCUT2D eigenvalue weighted by Gasteiger charge is -2.40. The van der Waals surface area contributed by atoms with E-state index in [0.29, 0.717) is 91.1 Å². The van der Waals surface area contributed by atoms with Crippen LogP contribution >= 0.6 is 0 Å². The predicted octanol–water partition coefficient (Wildman–Crippen LogP) is 8.53. The molecule has 6 aromatic carbocycles. The molecule has 0 saturated carbocycles. The van der Waals surface area contributed by atoms with Crippen molar-refractivity contribution < 1.29 is 33.7 Å². The molecule has 0 spiro atoms. The summed E-state index contributed by atoms with van der Waals surface area (Å²) in [5.41, 5.74) is 5.80. The van der Waals surface area contributed by atoms with Crippen molar-refractivity contribution in [1.82, 2.24) is 36.8 Å². The van der Waals surface area contributed by atoms with Gasteiger partial charge in [0.05, 0.1) is 25.7 Å². The topological polar surface area (TPSA) is 162 Å². The van der Waals surface area contributed by atoms with Gasteiger partial charge in [0, 0.05) is 105 Å². The van der Waals surface area contributed by atoms with Gasteiger partial charge in [-0.05, 0) is 133 Å². The van der Waals surface area contributed by atoms with E-state index in [1.165, 1.54) is 0 Å². The summed E-state index contributed by atoms with van der Waals surface area (Å²) in [4.78, 5) is 9.59. The lowest BCUT2D eigenvalue weighted by atomic mass is 10.2. The highest BCUT2D eigenvalue weighted by Gasteiger charge is 2.33. The Morgan fingerprint density at radius 1 is 0.298 bits per heavy atom. The van der Waals surface area contributed by atoms with Crippen molar-refractivity contribution >= 4 is 40.1 Å². The SMILES string of the molecule is Cc1ccc(S(=O)(=O)N2CCCCN(C(C)N3CCCCN(S(=O)(=O)c4ccc(C)cc4)CCN(Cc4ccccc4)CCN(S(=O)(=O)c4ccc(C)cc4)CC3)CCN(S(=O)(=O)c3ccc(C)cc3)CCN(Cc3ccccc3)CC2)cc1. The van der Waals surface area contributed by atoms with Crippen molar-refractivity contribution in [3.05, 3.63) is 191 Å². The highest BCUT2D eigenvalue weighted by molar-refractivity contribution is 7.90. The quantitative estimate of drug-likeness (QED) is 0.102. The molecule has 16 nitrogen and oxygen atoms in total. The maximum absolute atomic E-state index is 15.0. The molecule has 2 heterocycles. The Bertz CT molecular complexity index is 3240. The molecule has 2 saturated heterocycles. The molecule has 454 valence electrons. The minimum atomic E-state index is -4.05. The number of sulfonamides is 4. The maximum Gasteiger partial charge on any atom is 0.243 e. The molecule has 6 aromatic rings. The second-order valence-corrected chi connectivity index (χ2v) is 30.3. The molecule has 2 fully saturated rings. The number of nitrogens with zero attached hydrogens (tertiary/aromatic N) is 8. The molecule has 0 aromatic heterocycles. The number of hydrogen-bond acceptors (Lipinski definition) is 12. The van der Waals surface area contributed by atoms with Crippen LogP contribution in [-0.2, 0) is 53.2 Å². The Morgan fingerprint density at radius 2 is 0.536 bits per heavy atom. The third kappa shape index (κ3) is 17.5. The van der Waals surface area contributed by atoms with E-state index in [4.69, 9.17) is 0 Å². The molecular formula is C64H86N8O8S4. The predicted molar refractivity (Wildman–Crippen MR) is 334 cm³/mol. The molecular weight excluding hydrogens is 1140 g/mol. The first-order valence-corrected chi connectivity index (χ1v) is 35.2. The Hall–Kier alpha value is -5.20. The fraction of sp³-hybridized carbons (Fsp3) is 0.438. The van der Waals surface area contributed by atoms with Crippen molar-refractivity contribution in [2.24, 2.45) is 0 Å². The summed E-state index contributed by atoms with van der Waals surface area (Å²) >= 11 is 0. The standard InChI is InChI=1S/C64H86N8O8S4/c1-54-20-28-61(29-21-54)81(73,74)69-38-14-12-36-67(44-50-71(83(77,78)63-32-24-56(3)25-33-63)48-42-65(40-46-69)52-59-16-8-6-9-17-59)58(5)68-37-13-15-39-70(82(75,76)62-30-22-55(2)23-31-62)47-41-66(53-60-18-10-7-11-19-60)43-49-72(51-45-68)84(79,80)64-34-26-57(4)27-35-64/h6-11,16-35,58H,12-15,36-53H2,1-5H3. The zero-order valence-electron chi connectivity index (χ0n) is 49.6. The average molecular weight is 1220 g/mol. The van der Waals surface area contributed by atoms with Crippen LogP contribution in [0.3, 0.4) is 0 Å². The monoisotopic (exact) mass is 1220 g/mol. The molecule has 84 heavy (non-hydrogen) atoms. The Balaban J connectivity index is 1.15. The summed E-state index contributed by atoms with van der Waals surface area (Å²) in [6.07, 6.45) is 1.82. The molecule has 0 bridgehead atoms. The van der Waals surface area contributed by atoms with Gasteiger partial charge in [0.25, 0.3) is 0 Å². The van der Waals surface area contributed by atoms with Crippen LogP contribution in [0.1, 0.15) is 66.0 Å². The largest absolute Gasteiger partial charge is 0.296 e. The van der Waals surface area contributed by atoms with Crippen molar-refractivity contribution in [2.45, 2.75) is 99.1 Å². The van der Waals surface area contributed by atoms with Gasteiger partial charge in [0.2, 0.25) is 40.1 Å². The molecule has 0 aliphatic carbocycles. The summed E-state index contributed by atoms with van der Waals surface area (Å²) < 4.78 is 125. The summed E-state index contributed by atoms with van der Waals surface area (Å²) in [6.45, 7) is 15.2. The van der Waals surface area contributed by atoms with E-state index < -0.39 is 40.1 Å². The lowest BCUT2D eigenvalue weighted by molar-refractivity contribution is 0.0440. The van der Waals surface area contributed by atoms with Crippen molar-refractivity contribution in [3.8, 4) is 0 Å². The first-order chi connectivity index (χ1) is 40.2. The van der Waals surface area contributed by atoms with Crippen LogP contribution in [0.5, 0.6) is 0 Å². The summed E-state index contributed by atoms with van der Waals surface area (Å²) in [5.74, 6) is 0. The van der Waals surface area contributed by atoms with Crippen LogP contribution in [0.25, 0.3) is 0 Å². The van der Waals surface area contributed by atoms with Gasteiger partial charge < -0.3 is 0 Å². The first kappa shape index (κ1) is 64.8. The highest BCUT2D eigenvalue weighted by atomic mass is 32.2. The van der Waals surface area contributed by atoms with Gasteiger partial charge in [0.1, 0.15) is 0 Å². The van der Waals surface area contributed by atoms with Crippen LogP contribution in [-0.4, -0.2) is 181 Å². The van der Waals surface area contributed by atoms with Crippen LogP contribution in [0.2, 0.25) is 0 Å². The van der Waals surface area contributed by atoms with Gasteiger partial charge in [-0.3, -0.25) is 19.6 Å². The first-order valence-electron chi connectivity index (χ1n) is 29.5. The van der Waals surface area contributed by atoms with Gasteiger partial charge in [0.15, 0.2) is 0 Å². The van der Waals surface area contributed by atoms with E-state index in [2.05, 4.69) is 26.5 Å². The molecule has 2 aliphatic heterocycles. The normalized spacial score (nSPS) is 18.7. The van der Waals surface area contributed by atoms with E-state index in [-0.39, 0.29) is 78.1 Å². The van der Waals surface area contributed by atoms with E-state index in [9.17, 15) is 33.7 Å². The third-order valence-electron chi connectivity index (χ3n) is 16.3. The Morgan fingerprint density at radius 3 is 0.810 bits per heavy atom. The molecule has 0 unspecified atom stereocenters. The fourth-order valence-corrected chi connectivity index (χ4v) is 16.8. The molecule has 0 amide bonds. The Labute approximate surface area is 502 Å². The summed E-state index contributed by atoms with van der Waals surface area (Å²) in [6, 6.07) is 47.5. The van der Waals surface area contributed by atoms with Crippen LogP contribution in [0.4, 0.5) is 0 Å². The molecule has 20 heteroatoms. The number of aryl methyl sites for hydroxylation is 4. The second-order valence-electron chi connectivity index (χ2n) is 22.5. The van der Waals surface area contributed by atoms with Crippen LogP contribution < -0.4 is 0 Å². The lowest BCUT2D eigenvalue weighted by Crippen LogP contribution is -2.53. The molecule has 0 N–H and O–H groups in total. The third-order valence-corrected chi connectivity index (χ3v) is 24.0. The fourth-order valence-electron chi connectivity index (χ4n) is 11.0. The second kappa shape index (κ2) is 29.9. The van der Waals surface area contributed by atoms with Gasteiger partial charge in [-0.15, -0.1) is 0 Å². The molecule has 8 rings (SSSR count). The average Bonchev–Trinajstić information content (AvgIpc) is 3.66. The van der Waals surface area contributed by atoms with Crippen molar-refractivity contribution in [2.75, 3.05) is 105 Å². The van der Waals surface area contributed by atoms with E-state index >= 15 is 0 Å². The molecule has 2 aliphatic rings. The van der Waals surface area contributed by atoms with Gasteiger partial charge in [-0.1, -0.05) is 131 Å².